The summed E-state index contributed by atoms with van der Waals surface area (Å²) >= 11 is 0. The summed E-state index contributed by atoms with van der Waals surface area (Å²) < 4.78 is 6.56. The highest BCUT2D eigenvalue weighted by molar-refractivity contribution is 5.79. The molecule has 1 N–H and O–H groups in total. The summed E-state index contributed by atoms with van der Waals surface area (Å²) in [7, 11) is 1.39. The van der Waals surface area contributed by atoms with Crippen LogP contribution in [0.4, 0.5) is 0 Å². The maximum Gasteiger partial charge on any atom is 0.325 e. The smallest absolute Gasteiger partial charge is 0.325 e. The third-order valence-electron chi connectivity index (χ3n) is 2.44. The van der Waals surface area contributed by atoms with E-state index >= 15 is 0 Å². The minimum Gasteiger partial charge on any atom is -0.468 e. The topological polar surface area (TPSA) is 56.2 Å². The molecule has 0 radical (unpaired) electrons. The number of rotatable bonds is 5. The van der Waals surface area contributed by atoms with Crippen LogP contribution in [0.25, 0.3) is 0 Å². The van der Waals surface area contributed by atoms with Gasteiger partial charge in [0.15, 0.2) is 0 Å². The molecular formula is C11H19N3O2. The van der Waals surface area contributed by atoms with E-state index in [0.717, 1.165) is 12.1 Å². The third kappa shape index (κ3) is 3.06. The summed E-state index contributed by atoms with van der Waals surface area (Å²) in [5, 5.41) is 7.30. The number of aryl methyl sites for hydroxylation is 1. The van der Waals surface area contributed by atoms with Crippen molar-refractivity contribution in [3.63, 3.8) is 0 Å². The first kappa shape index (κ1) is 12.7. The second-order valence-electron chi connectivity index (χ2n) is 4.17. The molecule has 5 heteroatoms. The van der Waals surface area contributed by atoms with Crippen LogP contribution in [0.2, 0.25) is 0 Å². The summed E-state index contributed by atoms with van der Waals surface area (Å²) in [6.07, 6.45) is 3.75. The molecule has 0 aromatic carbocycles. The summed E-state index contributed by atoms with van der Waals surface area (Å²) in [5.41, 5.74) is 0.377. The van der Waals surface area contributed by atoms with Crippen molar-refractivity contribution in [1.82, 2.24) is 15.1 Å². The van der Waals surface area contributed by atoms with E-state index in [-0.39, 0.29) is 5.97 Å². The Morgan fingerprint density at radius 3 is 2.81 bits per heavy atom. The van der Waals surface area contributed by atoms with Crippen molar-refractivity contribution < 1.29 is 9.53 Å². The van der Waals surface area contributed by atoms with Crippen molar-refractivity contribution in [2.45, 2.75) is 39.4 Å². The van der Waals surface area contributed by atoms with Gasteiger partial charge in [0.25, 0.3) is 0 Å². The molecule has 0 aliphatic carbocycles. The van der Waals surface area contributed by atoms with Crippen molar-refractivity contribution in [1.29, 1.82) is 0 Å². The molecule has 1 rings (SSSR count). The summed E-state index contributed by atoms with van der Waals surface area (Å²) in [5.74, 6) is -0.268. The van der Waals surface area contributed by atoms with Crippen LogP contribution in [0.15, 0.2) is 12.4 Å². The Hall–Kier alpha value is -1.36. The Labute approximate surface area is 95.8 Å². The van der Waals surface area contributed by atoms with Gasteiger partial charge < -0.3 is 4.74 Å². The van der Waals surface area contributed by atoms with Crippen LogP contribution in [0.3, 0.4) is 0 Å². The van der Waals surface area contributed by atoms with Gasteiger partial charge in [-0.1, -0.05) is 0 Å². The van der Waals surface area contributed by atoms with E-state index in [9.17, 15) is 4.79 Å². The molecule has 0 amide bonds. The molecule has 5 nitrogen and oxygen atoms in total. The quantitative estimate of drug-likeness (QED) is 0.758. The minimum atomic E-state index is -0.678. The van der Waals surface area contributed by atoms with Crippen LogP contribution >= 0.6 is 0 Å². The summed E-state index contributed by atoms with van der Waals surface area (Å²) in [6.45, 7) is 7.07. The van der Waals surface area contributed by atoms with Gasteiger partial charge in [-0.15, -0.1) is 0 Å². The highest BCUT2D eigenvalue weighted by atomic mass is 16.5. The fourth-order valence-electron chi connectivity index (χ4n) is 1.32. The van der Waals surface area contributed by atoms with Crippen LogP contribution in [-0.4, -0.2) is 28.4 Å². The molecule has 1 aromatic heterocycles. The first-order valence-electron chi connectivity index (χ1n) is 5.34. The molecule has 0 atom stereocenters. The molecule has 0 unspecified atom stereocenters. The standard InChI is InChI=1S/C11H19N3O2/c1-5-14-8-9(7-13-14)6-12-11(2,3)10(15)16-4/h7-8,12H,5-6H2,1-4H3. The minimum absolute atomic E-state index is 0.268. The zero-order valence-electron chi connectivity index (χ0n) is 10.3. The number of nitrogens with one attached hydrogen (secondary N) is 1. The molecule has 0 spiro atoms. The predicted octanol–water partition coefficient (Wildman–Crippen LogP) is 0.944. The molecule has 1 heterocycles. The maximum atomic E-state index is 11.4. The molecule has 0 fully saturated rings. The van der Waals surface area contributed by atoms with E-state index in [4.69, 9.17) is 4.74 Å². The molecule has 1 aromatic rings. The third-order valence-corrected chi connectivity index (χ3v) is 2.44. The highest BCUT2D eigenvalue weighted by Crippen LogP contribution is 2.07. The van der Waals surface area contributed by atoms with E-state index < -0.39 is 5.54 Å². The number of nitrogens with zero attached hydrogens (tertiary/aromatic N) is 2. The van der Waals surface area contributed by atoms with E-state index in [1.54, 1.807) is 20.0 Å². The van der Waals surface area contributed by atoms with Gasteiger partial charge in [-0.25, -0.2) is 0 Å². The lowest BCUT2D eigenvalue weighted by atomic mass is 10.1. The first-order valence-corrected chi connectivity index (χ1v) is 5.34. The number of carbonyl (C=O) groups excluding carboxylic acids is 1. The Bertz CT molecular complexity index is 358. The molecule has 0 aliphatic rings. The van der Waals surface area contributed by atoms with Crippen LogP contribution in [-0.2, 0) is 22.6 Å². The molecule has 0 aliphatic heterocycles. The molecule has 0 saturated heterocycles. The van der Waals surface area contributed by atoms with Crippen molar-refractivity contribution in [3.05, 3.63) is 18.0 Å². The lowest BCUT2D eigenvalue weighted by Gasteiger charge is -2.22. The van der Waals surface area contributed by atoms with Gasteiger partial charge in [0.05, 0.1) is 13.3 Å². The highest BCUT2D eigenvalue weighted by Gasteiger charge is 2.27. The van der Waals surface area contributed by atoms with Gasteiger partial charge >= 0.3 is 5.97 Å². The summed E-state index contributed by atoms with van der Waals surface area (Å²) in [6, 6.07) is 0. The zero-order valence-corrected chi connectivity index (χ0v) is 10.3. The molecule has 16 heavy (non-hydrogen) atoms. The number of methoxy groups -OCH3 is 1. The van der Waals surface area contributed by atoms with Gasteiger partial charge in [-0.3, -0.25) is 14.8 Å². The molecular weight excluding hydrogens is 206 g/mol. The van der Waals surface area contributed by atoms with Crippen LogP contribution < -0.4 is 5.32 Å². The Kier molecular flexibility index (Phi) is 4.06. The normalized spacial score (nSPS) is 11.5. The van der Waals surface area contributed by atoms with Crippen LogP contribution in [0.1, 0.15) is 26.3 Å². The Morgan fingerprint density at radius 1 is 1.62 bits per heavy atom. The number of ether oxygens (including phenoxy) is 1. The van der Waals surface area contributed by atoms with Gasteiger partial charge in [0, 0.05) is 24.8 Å². The molecule has 0 saturated carbocycles. The predicted molar refractivity (Wildman–Crippen MR) is 60.8 cm³/mol. The number of hydrogen-bond donors (Lipinski definition) is 1. The fourth-order valence-corrected chi connectivity index (χ4v) is 1.32. The van der Waals surface area contributed by atoms with E-state index in [1.165, 1.54) is 7.11 Å². The lowest BCUT2D eigenvalue weighted by Crippen LogP contribution is -2.46. The molecule has 0 bridgehead atoms. The largest absolute Gasteiger partial charge is 0.468 e. The van der Waals surface area contributed by atoms with Gasteiger partial charge in [0.1, 0.15) is 5.54 Å². The average Bonchev–Trinajstić information content (AvgIpc) is 2.73. The van der Waals surface area contributed by atoms with Crippen LogP contribution in [0.5, 0.6) is 0 Å². The van der Waals surface area contributed by atoms with E-state index in [0.29, 0.717) is 6.54 Å². The number of carbonyl (C=O) groups is 1. The second-order valence-corrected chi connectivity index (χ2v) is 4.17. The van der Waals surface area contributed by atoms with Crippen molar-refractivity contribution in [2.75, 3.05) is 7.11 Å². The number of esters is 1. The van der Waals surface area contributed by atoms with Gasteiger partial charge in [-0.2, -0.15) is 5.10 Å². The zero-order chi connectivity index (χ0) is 12.2. The Balaban J connectivity index is 2.53. The first-order chi connectivity index (χ1) is 7.49. The van der Waals surface area contributed by atoms with E-state index in [1.807, 2.05) is 17.8 Å². The molecule has 90 valence electrons. The van der Waals surface area contributed by atoms with Crippen molar-refractivity contribution in [3.8, 4) is 0 Å². The summed E-state index contributed by atoms with van der Waals surface area (Å²) in [4.78, 5) is 11.4. The number of aromatic nitrogens is 2. The maximum absolute atomic E-state index is 11.4. The fraction of sp³-hybridized carbons (Fsp3) is 0.636. The van der Waals surface area contributed by atoms with Gasteiger partial charge in [0.2, 0.25) is 0 Å². The van der Waals surface area contributed by atoms with E-state index in [2.05, 4.69) is 10.4 Å². The Morgan fingerprint density at radius 2 is 2.31 bits per heavy atom. The second kappa shape index (κ2) is 5.12. The SMILES string of the molecule is CCn1cc(CNC(C)(C)C(=O)OC)cn1. The lowest BCUT2D eigenvalue weighted by molar-refractivity contribution is -0.147. The van der Waals surface area contributed by atoms with Crippen molar-refractivity contribution >= 4 is 5.97 Å². The number of hydrogen-bond acceptors (Lipinski definition) is 4. The van der Waals surface area contributed by atoms with Crippen molar-refractivity contribution in [2.24, 2.45) is 0 Å². The van der Waals surface area contributed by atoms with Gasteiger partial charge in [-0.05, 0) is 20.8 Å². The monoisotopic (exact) mass is 225 g/mol. The van der Waals surface area contributed by atoms with Crippen LogP contribution in [0, 0.1) is 0 Å². The average molecular weight is 225 g/mol.